The van der Waals surface area contributed by atoms with Gasteiger partial charge in [0.05, 0.1) is 10.8 Å². The van der Waals surface area contributed by atoms with Gasteiger partial charge in [-0.3, -0.25) is 4.40 Å². The number of halogens is 1. The molecule has 0 unspecified atom stereocenters. The average molecular weight is 277 g/mol. The average Bonchev–Trinajstić information content (AvgIpc) is 2.64. The van der Waals surface area contributed by atoms with Crippen LogP contribution >= 0.6 is 22.4 Å². The molecule has 0 aliphatic rings. The van der Waals surface area contributed by atoms with E-state index in [0.717, 1.165) is 10.7 Å². The van der Waals surface area contributed by atoms with Gasteiger partial charge in [0.15, 0.2) is 0 Å². The summed E-state index contributed by atoms with van der Waals surface area (Å²) in [5.41, 5.74) is 0.846. The molecule has 2 heterocycles. The fourth-order valence-electron chi connectivity index (χ4n) is 1.28. The van der Waals surface area contributed by atoms with Gasteiger partial charge in [-0.1, -0.05) is 6.07 Å². The molecule has 0 bridgehead atoms. The Labute approximate surface area is 102 Å². The van der Waals surface area contributed by atoms with Gasteiger partial charge in [0.1, 0.15) is 5.65 Å². The normalized spacial score (nSPS) is 12.1. The van der Waals surface area contributed by atoms with Crippen molar-refractivity contribution in [3.8, 4) is 0 Å². The Hall–Kier alpha value is -0.720. The third-order valence-electron chi connectivity index (χ3n) is 1.97. The van der Waals surface area contributed by atoms with Crippen LogP contribution in [0.2, 0.25) is 0 Å². The summed E-state index contributed by atoms with van der Waals surface area (Å²) in [5, 5.41) is 0.954. The van der Waals surface area contributed by atoms with Gasteiger partial charge in [0.2, 0.25) is 9.05 Å². The van der Waals surface area contributed by atoms with E-state index in [9.17, 15) is 8.42 Å². The molecule has 0 saturated carbocycles. The van der Waals surface area contributed by atoms with Crippen molar-refractivity contribution < 1.29 is 8.42 Å². The van der Waals surface area contributed by atoms with Crippen LogP contribution in [0.1, 0.15) is 0 Å². The zero-order valence-electron chi connectivity index (χ0n) is 8.21. The summed E-state index contributed by atoms with van der Waals surface area (Å²) in [6.45, 7) is 0. The minimum atomic E-state index is -3.41. The van der Waals surface area contributed by atoms with Crippen LogP contribution in [-0.2, 0) is 9.05 Å². The Morgan fingerprint density at radius 2 is 2.25 bits per heavy atom. The van der Waals surface area contributed by atoms with E-state index in [2.05, 4.69) is 4.98 Å². The summed E-state index contributed by atoms with van der Waals surface area (Å²) in [7, 11) is 1.73. The van der Waals surface area contributed by atoms with E-state index in [-0.39, 0.29) is 5.75 Å². The lowest BCUT2D eigenvalue weighted by molar-refractivity contribution is 0.611. The first-order valence-electron chi connectivity index (χ1n) is 4.53. The Bertz CT molecular complexity index is 594. The van der Waals surface area contributed by atoms with Gasteiger partial charge in [0, 0.05) is 28.8 Å². The SMILES string of the molecule is O=S(=O)(Cl)CCSc1cccc2nccn12. The van der Waals surface area contributed by atoms with Crippen LogP contribution in [0.25, 0.3) is 5.65 Å². The molecule has 2 rings (SSSR count). The van der Waals surface area contributed by atoms with Crippen molar-refractivity contribution in [2.24, 2.45) is 0 Å². The molecule has 0 N–H and O–H groups in total. The second-order valence-corrected chi connectivity index (χ2v) is 7.12. The van der Waals surface area contributed by atoms with E-state index in [1.807, 2.05) is 28.8 Å². The molecule has 4 nitrogen and oxygen atoms in total. The molecule has 0 spiro atoms. The third kappa shape index (κ3) is 2.90. The minimum Gasteiger partial charge on any atom is -0.294 e. The summed E-state index contributed by atoms with van der Waals surface area (Å²) in [6, 6.07) is 5.70. The highest BCUT2D eigenvalue weighted by atomic mass is 35.7. The number of hydrogen-bond donors (Lipinski definition) is 0. The molecule has 86 valence electrons. The van der Waals surface area contributed by atoms with E-state index in [1.54, 1.807) is 6.20 Å². The van der Waals surface area contributed by atoms with Crippen LogP contribution < -0.4 is 0 Å². The smallest absolute Gasteiger partial charge is 0.233 e. The van der Waals surface area contributed by atoms with Crippen molar-refractivity contribution in [1.82, 2.24) is 9.38 Å². The van der Waals surface area contributed by atoms with Gasteiger partial charge < -0.3 is 0 Å². The molecule has 16 heavy (non-hydrogen) atoms. The summed E-state index contributed by atoms with van der Waals surface area (Å²) in [6.07, 6.45) is 3.55. The fraction of sp³-hybridized carbons (Fsp3) is 0.222. The summed E-state index contributed by atoms with van der Waals surface area (Å²) in [4.78, 5) is 4.14. The number of thioether (sulfide) groups is 1. The zero-order chi connectivity index (χ0) is 11.6. The van der Waals surface area contributed by atoms with Crippen LogP contribution in [0.5, 0.6) is 0 Å². The molecule has 0 atom stereocenters. The highest BCUT2D eigenvalue weighted by Gasteiger charge is 2.06. The molecule has 2 aromatic heterocycles. The molecule has 0 aromatic carbocycles. The predicted octanol–water partition coefficient (Wildman–Crippen LogP) is 1.99. The van der Waals surface area contributed by atoms with Crippen molar-refractivity contribution in [2.45, 2.75) is 5.03 Å². The first kappa shape index (κ1) is 11.8. The van der Waals surface area contributed by atoms with E-state index in [0.29, 0.717) is 5.75 Å². The monoisotopic (exact) mass is 276 g/mol. The first-order valence-corrected chi connectivity index (χ1v) is 8.00. The molecular weight excluding hydrogens is 268 g/mol. The minimum absolute atomic E-state index is 0.0374. The Balaban J connectivity index is 2.12. The Kier molecular flexibility index (Phi) is 3.41. The first-order chi connectivity index (χ1) is 7.56. The van der Waals surface area contributed by atoms with Gasteiger partial charge in [-0.15, -0.1) is 11.8 Å². The Morgan fingerprint density at radius 3 is 3.00 bits per heavy atom. The van der Waals surface area contributed by atoms with Gasteiger partial charge in [-0.25, -0.2) is 13.4 Å². The summed E-state index contributed by atoms with van der Waals surface area (Å²) < 4.78 is 23.4. The molecular formula is C9H9ClN2O2S2. The quantitative estimate of drug-likeness (QED) is 0.633. The van der Waals surface area contributed by atoms with Crippen LogP contribution in [0.15, 0.2) is 35.6 Å². The number of pyridine rings is 1. The lowest BCUT2D eigenvalue weighted by atomic mass is 10.5. The fourth-order valence-corrected chi connectivity index (χ4v) is 3.66. The van der Waals surface area contributed by atoms with Crippen LogP contribution in [0.4, 0.5) is 0 Å². The van der Waals surface area contributed by atoms with Gasteiger partial charge in [0.25, 0.3) is 0 Å². The number of nitrogens with zero attached hydrogens (tertiary/aromatic N) is 2. The van der Waals surface area contributed by atoms with Gasteiger partial charge in [-0.05, 0) is 12.1 Å². The largest absolute Gasteiger partial charge is 0.294 e. The predicted molar refractivity (Wildman–Crippen MR) is 65.6 cm³/mol. The van der Waals surface area contributed by atoms with Gasteiger partial charge in [-0.2, -0.15) is 0 Å². The third-order valence-corrected chi connectivity index (χ3v) is 4.42. The van der Waals surface area contributed by atoms with Crippen LogP contribution in [0.3, 0.4) is 0 Å². The van der Waals surface area contributed by atoms with E-state index in [1.165, 1.54) is 11.8 Å². The van der Waals surface area contributed by atoms with Crippen molar-refractivity contribution in [3.63, 3.8) is 0 Å². The molecule has 0 aliphatic heterocycles. The van der Waals surface area contributed by atoms with Crippen LogP contribution in [-0.4, -0.2) is 29.3 Å². The van der Waals surface area contributed by atoms with Crippen molar-refractivity contribution in [2.75, 3.05) is 11.5 Å². The summed E-state index contributed by atoms with van der Waals surface area (Å²) in [5.74, 6) is 0.396. The van der Waals surface area contributed by atoms with Crippen LogP contribution in [0, 0.1) is 0 Å². The van der Waals surface area contributed by atoms with E-state index >= 15 is 0 Å². The molecule has 0 saturated heterocycles. The zero-order valence-corrected chi connectivity index (χ0v) is 10.6. The van der Waals surface area contributed by atoms with Crippen molar-refractivity contribution in [1.29, 1.82) is 0 Å². The summed E-state index contributed by atoms with van der Waals surface area (Å²) >= 11 is 1.44. The second-order valence-electron chi connectivity index (χ2n) is 3.11. The standard InChI is InChI=1S/C9H9ClN2O2S2/c10-16(13,14)7-6-15-9-3-1-2-8-11-4-5-12(8)9/h1-5H,6-7H2. The Morgan fingerprint density at radius 1 is 1.44 bits per heavy atom. The van der Waals surface area contributed by atoms with Gasteiger partial charge >= 0.3 is 0 Å². The van der Waals surface area contributed by atoms with E-state index < -0.39 is 9.05 Å². The molecule has 0 radical (unpaired) electrons. The molecule has 2 aromatic rings. The van der Waals surface area contributed by atoms with E-state index in [4.69, 9.17) is 10.7 Å². The number of hydrogen-bond acceptors (Lipinski definition) is 4. The van der Waals surface area contributed by atoms with Crippen molar-refractivity contribution >= 4 is 37.1 Å². The molecule has 7 heteroatoms. The maximum absolute atomic E-state index is 10.8. The lowest BCUT2D eigenvalue weighted by Gasteiger charge is -2.03. The maximum atomic E-state index is 10.8. The number of fused-ring (bicyclic) bond motifs is 1. The number of rotatable bonds is 4. The number of aromatic nitrogens is 2. The highest BCUT2D eigenvalue weighted by Crippen LogP contribution is 2.19. The number of imidazole rings is 1. The second kappa shape index (κ2) is 4.65. The molecule has 0 fully saturated rings. The topological polar surface area (TPSA) is 51.4 Å². The molecule has 0 aliphatic carbocycles. The maximum Gasteiger partial charge on any atom is 0.233 e. The molecule has 0 amide bonds. The highest BCUT2D eigenvalue weighted by molar-refractivity contribution is 8.14. The van der Waals surface area contributed by atoms with Crippen molar-refractivity contribution in [3.05, 3.63) is 30.6 Å². The lowest BCUT2D eigenvalue weighted by Crippen LogP contribution is -2.00.